The largest absolute Gasteiger partial charge is 0.293 e. The fraction of sp³-hybridized carbons (Fsp3) is 0.143. The second-order valence-electron chi connectivity index (χ2n) is 2.33. The van der Waals surface area contributed by atoms with Gasteiger partial charge in [0, 0.05) is 11.1 Å². The second-order valence-corrected chi connectivity index (χ2v) is 3.17. The molecule has 5 heteroatoms. The van der Waals surface area contributed by atoms with Gasteiger partial charge in [0.2, 0.25) is 6.08 Å². The maximum absolute atomic E-state index is 9.92. The quantitative estimate of drug-likeness (QED) is 0.493. The third-order valence-electron chi connectivity index (χ3n) is 1.54. The van der Waals surface area contributed by atoms with Crippen molar-refractivity contribution in [2.45, 2.75) is 6.92 Å². The van der Waals surface area contributed by atoms with Gasteiger partial charge < -0.3 is 0 Å². The Bertz CT molecular complexity index is 464. The molecule has 2 rings (SSSR count). The molecular weight excluding hydrogens is 174 g/mol. The topological polar surface area (TPSA) is 46.7 Å². The van der Waals surface area contributed by atoms with Crippen LogP contribution in [0.15, 0.2) is 16.6 Å². The average molecular weight is 179 g/mol. The zero-order valence-electron chi connectivity index (χ0n) is 6.31. The number of aryl methyl sites for hydroxylation is 1. The SMILES string of the molecule is Cc1csc2nc(N=C=O)cn12. The lowest BCUT2D eigenvalue weighted by Crippen LogP contribution is -1.77. The summed E-state index contributed by atoms with van der Waals surface area (Å²) in [6.07, 6.45) is 3.17. The summed E-state index contributed by atoms with van der Waals surface area (Å²) < 4.78 is 1.89. The molecular formula is C7H5N3OS. The van der Waals surface area contributed by atoms with Gasteiger partial charge in [0.15, 0.2) is 10.8 Å². The first-order valence-electron chi connectivity index (χ1n) is 3.32. The molecule has 0 fully saturated rings. The van der Waals surface area contributed by atoms with Crippen molar-refractivity contribution < 1.29 is 4.79 Å². The number of nitrogens with zero attached hydrogens (tertiary/aromatic N) is 3. The second kappa shape index (κ2) is 2.55. The first kappa shape index (κ1) is 7.21. The molecule has 0 amide bonds. The number of rotatable bonds is 1. The molecule has 0 bridgehead atoms. The minimum atomic E-state index is 0.417. The van der Waals surface area contributed by atoms with E-state index in [1.165, 1.54) is 17.4 Å². The Morgan fingerprint density at radius 2 is 2.58 bits per heavy atom. The van der Waals surface area contributed by atoms with E-state index in [2.05, 4.69) is 9.98 Å². The Labute approximate surface area is 72.2 Å². The molecule has 0 saturated heterocycles. The van der Waals surface area contributed by atoms with E-state index in [1.54, 1.807) is 6.20 Å². The maximum atomic E-state index is 9.92. The highest BCUT2D eigenvalue weighted by Crippen LogP contribution is 2.19. The fourth-order valence-corrected chi connectivity index (χ4v) is 1.83. The molecule has 2 aromatic rings. The van der Waals surface area contributed by atoms with Crippen LogP contribution in [0.2, 0.25) is 0 Å². The van der Waals surface area contributed by atoms with Gasteiger partial charge in [-0.1, -0.05) is 0 Å². The lowest BCUT2D eigenvalue weighted by atomic mass is 10.6. The van der Waals surface area contributed by atoms with Crippen molar-refractivity contribution in [2.75, 3.05) is 0 Å². The fourth-order valence-electron chi connectivity index (χ4n) is 0.983. The summed E-state index contributed by atoms with van der Waals surface area (Å²) >= 11 is 1.52. The zero-order chi connectivity index (χ0) is 8.55. The van der Waals surface area contributed by atoms with Crippen LogP contribution in [-0.4, -0.2) is 15.5 Å². The third-order valence-corrected chi connectivity index (χ3v) is 2.49. The number of carbonyl (C=O) groups excluding carboxylic acids is 1. The molecule has 4 nitrogen and oxygen atoms in total. The van der Waals surface area contributed by atoms with Gasteiger partial charge in [-0.25, -0.2) is 4.79 Å². The first-order chi connectivity index (χ1) is 5.81. The average Bonchev–Trinajstić information content (AvgIpc) is 2.55. The lowest BCUT2D eigenvalue weighted by molar-refractivity contribution is 0.565. The first-order valence-corrected chi connectivity index (χ1v) is 4.20. The molecule has 0 aliphatic carbocycles. The predicted octanol–water partition coefficient (Wildman–Crippen LogP) is 1.67. The Morgan fingerprint density at radius 1 is 1.75 bits per heavy atom. The normalized spacial score (nSPS) is 10.1. The number of fused-ring (bicyclic) bond motifs is 1. The van der Waals surface area contributed by atoms with Gasteiger partial charge in [-0.05, 0) is 6.92 Å². The molecule has 2 aromatic heterocycles. The molecule has 60 valence electrons. The number of hydrogen-bond donors (Lipinski definition) is 0. The summed E-state index contributed by atoms with van der Waals surface area (Å²) in [6, 6.07) is 0. The number of aromatic nitrogens is 2. The Hall–Kier alpha value is -1.45. The summed E-state index contributed by atoms with van der Waals surface area (Å²) in [6.45, 7) is 1.97. The van der Waals surface area contributed by atoms with E-state index in [1.807, 2.05) is 16.7 Å². The lowest BCUT2D eigenvalue weighted by Gasteiger charge is -1.82. The van der Waals surface area contributed by atoms with E-state index >= 15 is 0 Å². The number of isocyanates is 1. The summed E-state index contributed by atoms with van der Waals surface area (Å²) in [5.41, 5.74) is 1.09. The summed E-state index contributed by atoms with van der Waals surface area (Å²) in [7, 11) is 0. The van der Waals surface area contributed by atoms with Crippen LogP contribution in [0, 0.1) is 6.92 Å². The minimum Gasteiger partial charge on any atom is -0.293 e. The van der Waals surface area contributed by atoms with E-state index in [-0.39, 0.29) is 0 Å². The van der Waals surface area contributed by atoms with Crippen LogP contribution in [0.4, 0.5) is 5.82 Å². The molecule has 12 heavy (non-hydrogen) atoms. The highest BCUT2D eigenvalue weighted by molar-refractivity contribution is 7.15. The van der Waals surface area contributed by atoms with Crippen LogP contribution in [0.3, 0.4) is 0 Å². The van der Waals surface area contributed by atoms with Crippen molar-refractivity contribution in [3.05, 3.63) is 17.3 Å². The van der Waals surface area contributed by atoms with Gasteiger partial charge in [0.1, 0.15) is 0 Å². The number of aliphatic imine (C=N–C) groups is 1. The van der Waals surface area contributed by atoms with E-state index in [4.69, 9.17) is 0 Å². The van der Waals surface area contributed by atoms with Crippen LogP contribution >= 0.6 is 11.3 Å². The van der Waals surface area contributed by atoms with E-state index < -0.39 is 0 Å². The predicted molar refractivity (Wildman–Crippen MR) is 45.6 cm³/mol. The summed E-state index contributed by atoms with van der Waals surface area (Å²) in [4.78, 5) is 18.3. The molecule has 0 aliphatic rings. The number of hydrogen-bond acceptors (Lipinski definition) is 4. The Balaban J connectivity index is 2.70. The molecule has 0 aliphatic heterocycles. The van der Waals surface area contributed by atoms with E-state index in [0.717, 1.165) is 10.7 Å². The Kier molecular flexibility index (Phi) is 1.53. The van der Waals surface area contributed by atoms with Crippen LogP contribution < -0.4 is 0 Å². The Morgan fingerprint density at radius 3 is 3.25 bits per heavy atom. The van der Waals surface area contributed by atoms with Crippen LogP contribution in [0.25, 0.3) is 4.96 Å². The van der Waals surface area contributed by atoms with E-state index in [0.29, 0.717) is 5.82 Å². The molecule has 0 saturated carbocycles. The summed E-state index contributed by atoms with van der Waals surface area (Å²) in [5.74, 6) is 0.417. The molecule has 0 aromatic carbocycles. The van der Waals surface area contributed by atoms with Crippen molar-refractivity contribution in [1.82, 2.24) is 9.38 Å². The molecule has 0 spiro atoms. The van der Waals surface area contributed by atoms with Crippen molar-refractivity contribution in [3.63, 3.8) is 0 Å². The van der Waals surface area contributed by atoms with Gasteiger partial charge in [0.05, 0.1) is 6.20 Å². The molecule has 0 radical (unpaired) electrons. The van der Waals surface area contributed by atoms with Gasteiger partial charge in [-0.2, -0.15) is 4.98 Å². The van der Waals surface area contributed by atoms with Crippen LogP contribution in [-0.2, 0) is 4.79 Å². The molecule has 0 unspecified atom stereocenters. The molecule has 0 N–H and O–H groups in total. The molecule has 0 atom stereocenters. The highest BCUT2D eigenvalue weighted by atomic mass is 32.1. The van der Waals surface area contributed by atoms with Crippen molar-refractivity contribution >= 4 is 28.2 Å². The highest BCUT2D eigenvalue weighted by Gasteiger charge is 2.03. The third kappa shape index (κ3) is 0.958. The summed E-state index contributed by atoms with van der Waals surface area (Å²) in [5, 5.41) is 2.00. The number of thiazole rings is 1. The van der Waals surface area contributed by atoms with E-state index in [9.17, 15) is 4.79 Å². The van der Waals surface area contributed by atoms with Crippen LogP contribution in [0.5, 0.6) is 0 Å². The zero-order valence-corrected chi connectivity index (χ0v) is 7.13. The van der Waals surface area contributed by atoms with Gasteiger partial charge in [-0.3, -0.25) is 4.40 Å². The van der Waals surface area contributed by atoms with Gasteiger partial charge >= 0.3 is 0 Å². The van der Waals surface area contributed by atoms with Gasteiger partial charge in [0.25, 0.3) is 0 Å². The maximum Gasteiger partial charge on any atom is 0.242 e. The van der Waals surface area contributed by atoms with Crippen molar-refractivity contribution in [1.29, 1.82) is 0 Å². The monoisotopic (exact) mass is 179 g/mol. The minimum absolute atomic E-state index is 0.417. The van der Waals surface area contributed by atoms with Crippen molar-refractivity contribution in [3.8, 4) is 0 Å². The van der Waals surface area contributed by atoms with Crippen LogP contribution in [0.1, 0.15) is 5.69 Å². The number of imidazole rings is 1. The van der Waals surface area contributed by atoms with Gasteiger partial charge in [-0.15, -0.1) is 16.3 Å². The van der Waals surface area contributed by atoms with Crippen molar-refractivity contribution in [2.24, 2.45) is 4.99 Å². The molecule has 2 heterocycles. The standard InChI is InChI=1S/C7H5N3OS/c1-5-3-12-7-9-6(8-4-11)2-10(5)7/h2-3H,1H3. The smallest absolute Gasteiger partial charge is 0.242 e.